The zero-order valence-electron chi connectivity index (χ0n) is 12.1. The SMILES string of the molecule is Cc1c(C(=O)Nc2cc(F)cc(F)c2)cc([N+](=O)[O-])cc1[N+](=O)[O-]. The van der Waals surface area contributed by atoms with Gasteiger partial charge in [0.25, 0.3) is 17.3 Å². The van der Waals surface area contributed by atoms with Crippen LogP contribution >= 0.6 is 0 Å². The maximum absolute atomic E-state index is 13.1. The number of nitrogens with one attached hydrogen (secondary N) is 1. The van der Waals surface area contributed by atoms with Crippen molar-refractivity contribution in [1.82, 2.24) is 0 Å². The van der Waals surface area contributed by atoms with Gasteiger partial charge < -0.3 is 5.32 Å². The summed E-state index contributed by atoms with van der Waals surface area (Å²) in [4.78, 5) is 32.3. The summed E-state index contributed by atoms with van der Waals surface area (Å²) in [6.07, 6.45) is 0. The number of hydrogen-bond acceptors (Lipinski definition) is 5. The summed E-state index contributed by atoms with van der Waals surface area (Å²) in [6.45, 7) is 1.24. The highest BCUT2D eigenvalue weighted by Gasteiger charge is 2.24. The molecule has 0 heterocycles. The van der Waals surface area contributed by atoms with Gasteiger partial charge in [-0.2, -0.15) is 0 Å². The van der Waals surface area contributed by atoms with Gasteiger partial charge in [-0.05, 0) is 19.1 Å². The van der Waals surface area contributed by atoms with Crippen LogP contribution in [0.2, 0.25) is 0 Å². The molecule has 2 aromatic rings. The minimum Gasteiger partial charge on any atom is -0.322 e. The molecular formula is C14H9F2N3O5. The van der Waals surface area contributed by atoms with E-state index in [-0.39, 0.29) is 16.8 Å². The molecule has 10 heteroatoms. The molecule has 0 aliphatic heterocycles. The van der Waals surface area contributed by atoms with E-state index in [4.69, 9.17) is 0 Å². The van der Waals surface area contributed by atoms with Crippen molar-refractivity contribution in [1.29, 1.82) is 0 Å². The highest BCUT2D eigenvalue weighted by atomic mass is 19.1. The minimum absolute atomic E-state index is 0.111. The lowest BCUT2D eigenvalue weighted by Gasteiger charge is -2.08. The normalized spacial score (nSPS) is 10.3. The third-order valence-corrected chi connectivity index (χ3v) is 3.14. The van der Waals surface area contributed by atoms with Gasteiger partial charge in [0.1, 0.15) is 11.6 Å². The summed E-state index contributed by atoms with van der Waals surface area (Å²) in [5.74, 6) is -2.84. The van der Waals surface area contributed by atoms with Crippen molar-refractivity contribution in [3.05, 3.63) is 73.3 Å². The van der Waals surface area contributed by atoms with Gasteiger partial charge in [0, 0.05) is 23.4 Å². The van der Waals surface area contributed by atoms with E-state index >= 15 is 0 Å². The first kappa shape index (κ1) is 16.9. The predicted molar refractivity (Wildman–Crippen MR) is 78.8 cm³/mol. The van der Waals surface area contributed by atoms with Crippen molar-refractivity contribution in [2.75, 3.05) is 5.32 Å². The van der Waals surface area contributed by atoms with E-state index in [1.165, 1.54) is 6.92 Å². The Morgan fingerprint density at radius 3 is 2.08 bits per heavy atom. The van der Waals surface area contributed by atoms with E-state index < -0.39 is 38.8 Å². The second kappa shape index (κ2) is 6.36. The zero-order valence-corrected chi connectivity index (χ0v) is 12.1. The van der Waals surface area contributed by atoms with Crippen LogP contribution in [0.25, 0.3) is 0 Å². The quantitative estimate of drug-likeness (QED) is 0.678. The molecule has 2 rings (SSSR count). The van der Waals surface area contributed by atoms with E-state index in [9.17, 15) is 33.8 Å². The summed E-state index contributed by atoms with van der Waals surface area (Å²) >= 11 is 0. The van der Waals surface area contributed by atoms with Crippen molar-refractivity contribution < 1.29 is 23.4 Å². The predicted octanol–water partition coefficient (Wildman–Crippen LogP) is 3.34. The van der Waals surface area contributed by atoms with E-state index in [1.807, 2.05) is 0 Å². The van der Waals surface area contributed by atoms with Crippen molar-refractivity contribution in [3.8, 4) is 0 Å². The van der Waals surface area contributed by atoms with Crippen LogP contribution in [-0.4, -0.2) is 15.8 Å². The average Bonchev–Trinajstić information content (AvgIpc) is 2.45. The molecule has 0 aliphatic rings. The van der Waals surface area contributed by atoms with Gasteiger partial charge in [0.15, 0.2) is 0 Å². The van der Waals surface area contributed by atoms with E-state index in [0.717, 1.165) is 24.3 Å². The molecule has 0 saturated heterocycles. The fraction of sp³-hybridized carbons (Fsp3) is 0.0714. The number of nitro benzene ring substituents is 2. The van der Waals surface area contributed by atoms with Crippen molar-refractivity contribution in [3.63, 3.8) is 0 Å². The van der Waals surface area contributed by atoms with Gasteiger partial charge in [0.05, 0.1) is 21.5 Å². The average molecular weight is 337 g/mol. The summed E-state index contributed by atoms with van der Waals surface area (Å²) in [7, 11) is 0. The highest BCUT2D eigenvalue weighted by Crippen LogP contribution is 2.28. The molecule has 2 aromatic carbocycles. The second-order valence-corrected chi connectivity index (χ2v) is 4.76. The molecule has 0 saturated carbocycles. The summed E-state index contributed by atoms with van der Waals surface area (Å²) in [5, 5.41) is 24.0. The van der Waals surface area contributed by atoms with Crippen LogP contribution in [0.3, 0.4) is 0 Å². The summed E-state index contributed by atoms with van der Waals surface area (Å²) in [6, 6.07) is 3.85. The van der Waals surface area contributed by atoms with Crippen LogP contribution in [-0.2, 0) is 0 Å². The van der Waals surface area contributed by atoms with Gasteiger partial charge in [-0.3, -0.25) is 25.0 Å². The number of carbonyl (C=O) groups is 1. The van der Waals surface area contributed by atoms with Gasteiger partial charge in [-0.25, -0.2) is 8.78 Å². The van der Waals surface area contributed by atoms with Crippen LogP contribution in [0.15, 0.2) is 30.3 Å². The topological polar surface area (TPSA) is 115 Å². The first-order valence-corrected chi connectivity index (χ1v) is 6.40. The Morgan fingerprint density at radius 1 is 1.00 bits per heavy atom. The first-order chi connectivity index (χ1) is 11.2. The highest BCUT2D eigenvalue weighted by molar-refractivity contribution is 6.06. The Morgan fingerprint density at radius 2 is 1.58 bits per heavy atom. The molecule has 1 N–H and O–H groups in total. The van der Waals surface area contributed by atoms with Crippen molar-refractivity contribution in [2.45, 2.75) is 6.92 Å². The third-order valence-electron chi connectivity index (χ3n) is 3.14. The number of anilines is 1. The Labute approximate surface area is 133 Å². The van der Waals surface area contributed by atoms with Crippen molar-refractivity contribution in [2.24, 2.45) is 0 Å². The number of hydrogen-bond donors (Lipinski definition) is 1. The molecule has 0 unspecified atom stereocenters. The van der Waals surface area contributed by atoms with Gasteiger partial charge in [-0.15, -0.1) is 0 Å². The molecule has 1 amide bonds. The Kier molecular flexibility index (Phi) is 4.49. The van der Waals surface area contributed by atoms with Crippen LogP contribution < -0.4 is 5.32 Å². The number of nitro groups is 2. The van der Waals surface area contributed by atoms with Gasteiger partial charge >= 0.3 is 0 Å². The fourth-order valence-corrected chi connectivity index (χ4v) is 2.04. The lowest BCUT2D eigenvalue weighted by Crippen LogP contribution is -2.15. The van der Waals surface area contributed by atoms with Gasteiger partial charge in [-0.1, -0.05) is 0 Å². The molecule has 124 valence electrons. The molecule has 0 bridgehead atoms. The molecule has 0 atom stereocenters. The number of nitrogens with zero attached hydrogens (tertiary/aromatic N) is 2. The first-order valence-electron chi connectivity index (χ1n) is 6.40. The summed E-state index contributed by atoms with van der Waals surface area (Å²) in [5.41, 5.74) is -1.95. The molecule has 0 radical (unpaired) electrons. The largest absolute Gasteiger partial charge is 0.322 e. The van der Waals surface area contributed by atoms with E-state index in [1.54, 1.807) is 0 Å². The standard InChI is InChI=1S/C14H9F2N3O5/c1-7-12(5-11(18(21)22)6-13(7)19(23)24)14(20)17-10-3-8(15)2-9(16)4-10/h2-6H,1H3,(H,17,20). The lowest BCUT2D eigenvalue weighted by atomic mass is 10.0. The van der Waals surface area contributed by atoms with Crippen LogP contribution in [0, 0.1) is 38.8 Å². The number of carbonyl (C=O) groups excluding carboxylic acids is 1. The fourth-order valence-electron chi connectivity index (χ4n) is 2.04. The molecule has 24 heavy (non-hydrogen) atoms. The molecule has 0 aliphatic carbocycles. The minimum atomic E-state index is -0.968. The Bertz CT molecular complexity index is 849. The van der Waals surface area contributed by atoms with Crippen LogP contribution in [0.5, 0.6) is 0 Å². The third kappa shape index (κ3) is 3.48. The second-order valence-electron chi connectivity index (χ2n) is 4.76. The zero-order chi connectivity index (χ0) is 18.0. The van der Waals surface area contributed by atoms with Crippen molar-refractivity contribution >= 4 is 23.0 Å². The number of non-ortho nitro benzene ring substituents is 1. The number of halogens is 2. The molecule has 8 nitrogen and oxygen atoms in total. The number of benzene rings is 2. The molecule has 0 aromatic heterocycles. The summed E-state index contributed by atoms with van der Waals surface area (Å²) < 4.78 is 26.3. The smallest absolute Gasteiger partial charge is 0.279 e. The van der Waals surface area contributed by atoms with Gasteiger partial charge in [0.2, 0.25) is 0 Å². The number of rotatable bonds is 4. The Balaban J connectivity index is 2.48. The van der Waals surface area contributed by atoms with Crippen LogP contribution in [0.4, 0.5) is 25.8 Å². The monoisotopic (exact) mass is 337 g/mol. The molecular weight excluding hydrogens is 328 g/mol. The lowest BCUT2D eigenvalue weighted by molar-refractivity contribution is -0.394. The van der Waals surface area contributed by atoms with E-state index in [2.05, 4.69) is 5.32 Å². The molecule has 0 spiro atoms. The molecule has 0 fully saturated rings. The van der Waals surface area contributed by atoms with E-state index in [0.29, 0.717) is 6.07 Å². The maximum Gasteiger partial charge on any atom is 0.279 e. The Hall–Kier alpha value is -3.43. The maximum atomic E-state index is 13.1. The number of amides is 1. The van der Waals surface area contributed by atoms with Crippen LogP contribution in [0.1, 0.15) is 15.9 Å².